The van der Waals surface area contributed by atoms with Crippen LogP contribution in [0.1, 0.15) is 24.8 Å². The first-order valence-corrected chi connectivity index (χ1v) is 10.8. The van der Waals surface area contributed by atoms with E-state index in [1.807, 2.05) is 23.1 Å². The van der Waals surface area contributed by atoms with Crippen LogP contribution in [0.2, 0.25) is 0 Å². The van der Waals surface area contributed by atoms with Crippen molar-refractivity contribution in [2.45, 2.75) is 25.7 Å². The van der Waals surface area contributed by atoms with Crippen LogP contribution in [0.5, 0.6) is 0 Å². The molecule has 2 amide bonds. The van der Waals surface area contributed by atoms with Crippen molar-refractivity contribution in [3.05, 3.63) is 35.9 Å². The van der Waals surface area contributed by atoms with Gasteiger partial charge in [0.25, 0.3) is 0 Å². The monoisotopic (exact) mass is 401 g/mol. The van der Waals surface area contributed by atoms with Crippen LogP contribution in [0, 0.1) is 11.8 Å². The van der Waals surface area contributed by atoms with Gasteiger partial charge in [0.15, 0.2) is 0 Å². The number of carbonyl (C=O) groups excluding carboxylic acids is 2. The average Bonchev–Trinajstić information content (AvgIpc) is 3.11. The van der Waals surface area contributed by atoms with Crippen molar-refractivity contribution in [2.75, 3.05) is 60.0 Å². The molecule has 2 fully saturated rings. The molecule has 0 aliphatic carbocycles. The molecule has 6 heteroatoms. The first-order valence-electron chi connectivity index (χ1n) is 10.8. The Balaban J connectivity index is 1.63. The molecule has 3 rings (SSSR count). The summed E-state index contributed by atoms with van der Waals surface area (Å²) in [6.07, 6.45) is 3.45. The Morgan fingerprint density at radius 2 is 1.93 bits per heavy atom. The van der Waals surface area contributed by atoms with Gasteiger partial charge in [0.2, 0.25) is 11.8 Å². The molecule has 160 valence electrons. The van der Waals surface area contributed by atoms with Crippen molar-refractivity contribution in [3.8, 4) is 0 Å². The quantitative estimate of drug-likeness (QED) is 0.634. The third-order valence-electron chi connectivity index (χ3n) is 6.27. The van der Waals surface area contributed by atoms with Crippen LogP contribution in [0.4, 0.5) is 0 Å². The zero-order valence-electron chi connectivity index (χ0n) is 17.9. The van der Waals surface area contributed by atoms with Crippen molar-refractivity contribution >= 4 is 11.8 Å². The van der Waals surface area contributed by atoms with Gasteiger partial charge in [-0.3, -0.25) is 9.59 Å². The zero-order chi connectivity index (χ0) is 20.6. The van der Waals surface area contributed by atoms with Gasteiger partial charge in [0.1, 0.15) is 0 Å². The summed E-state index contributed by atoms with van der Waals surface area (Å²) in [4.78, 5) is 31.9. The Kier molecular flexibility index (Phi) is 8.07. The van der Waals surface area contributed by atoms with Crippen LogP contribution in [0.3, 0.4) is 0 Å². The summed E-state index contributed by atoms with van der Waals surface area (Å²) in [6.45, 7) is 5.32. The lowest BCUT2D eigenvalue weighted by molar-refractivity contribution is -0.136. The highest BCUT2D eigenvalue weighted by molar-refractivity contribution is 5.89. The van der Waals surface area contributed by atoms with Crippen LogP contribution in [0.25, 0.3) is 0 Å². The molecule has 0 radical (unpaired) electrons. The van der Waals surface area contributed by atoms with Crippen molar-refractivity contribution in [1.82, 2.24) is 14.7 Å². The number of piperidine rings is 1. The molecule has 0 N–H and O–H groups in total. The molecular weight excluding hydrogens is 366 g/mol. The lowest BCUT2D eigenvalue weighted by Gasteiger charge is -2.34. The van der Waals surface area contributed by atoms with E-state index in [-0.39, 0.29) is 17.7 Å². The second-order valence-corrected chi connectivity index (χ2v) is 8.50. The molecule has 0 bridgehead atoms. The normalized spacial score (nSPS) is 21.0. The van der Waals surface area contributed by atoms with Crippen LogP contribution in [-0.2, 0) is 20.7 Å². The third-order valence-corrected chi connectivity index (χ3v) is 6.27. The predicted octanol–water partition coefficient (Wildman–Crippen LogP) is 1.89. The minimum absolute atomic E-state index is 0.0719. The summed E-state index contributed by atoms with van der Waals surface area (Å²) in [6, 6.07) is 10.3. The highest BCUT2D eigenvalue weighted by Gasteiger charge is 2.36. The summed E-state index contributed by atoms with van der Waals surface area (Å²) in [5.41, 5.74) is 1.25. The van der Waals surface area contributed by atoms with Gasteiger partial charge < -0.3 is 19.4 Å². The Hall–Kier alpha value is -1.92. The maximum atomic E-state index is 13.4. The number of likely N-dealkylation sites (tertiary alicyclic amines) is 2. The molecule has 6 nitrogen and oxygen atoms in total. The largest absolute Gasteiger partial charge is 0.383 e. The Labute approximate surface area is 174 Å². The maximum absolute atomic E-state index is 13.4. The summed E-state index contributed by atoms with van der Waals surface area (Å²) in [5, 5.41) is 0. The molecule has 0 aromatic heterocycles. The number of amides is 2. The van der Waals surface area contributed by atoms with E-state index in [1.54, 1.807) is 12.0 Å². The number of rotatable bonds is 9. The number of ether oxygens (including phenoxy) is 1. The molecule has 2 saturated heterocycles. The van der Waals surface area contributed by atoms with E-state index in [9.17, 15) is 9.59 Å². The lowest BCUT2D eigenvalue weighted by atomic mass is 9.95. The summed E-state index contributed by atoms with van der Waals surface area (Å²) < 4.78 is 5.10. The first-order chi connectivity index (χ1) is 14.1. The molecule has 1 aromatic carbocycles. The Morgan fingerprint density at radius 3 is 2.62 bits per heavy atom. The number of benzene rings is 1. The third kappa shape index (κ3) is 6.28. The molecule has 2 aliphatic heterocycles. The van der Waals surface area contributed by atoms with E-state index in [2.05, 4.69) is 24.1 Å². The smallest absolute Gasteiger partial charge is 0.228 e. The van der Waals surface area contributed by atoms with Crippen molar-refractivity contribution < 1.29 is 14.3 Å². The maximum Gasteiger partial charge on any atom is 0.228 e. The van der Waals surface area contributed by atoms with E-state index in [0.717, 1.165) is 45.4 Å². The number of hydrogen-bond donors (Lipinski definition) is 0. The highest BCUT2D eigenvalue weighted by Crippen LogP contribution is 2.23. The van der Waals surface area contributed by atoms with E-state index in [1.165, 1.54) is 5.56 Å². The van der Waals surface area contributed by atoms with Crippen LogP contribution in [-0.4, -0.2) is 86.5 Å². The van der Waals surface area contributed by atoms with Gasteiger partial charge in [0, 0.05) is 39.7 Å². The number of nitrogens with zero attached hydrogens (tertiary/aromatic N) is 3. The molecule has 2 heterocycles. The van der Waals surface area contributed by atoms with E-state index >= 15 is 0 Å². The average molecular weight is 402 g/mol. The molecular formula is C23H35N3O3. The summed E-state index contributed by atoms with van der Waals surface area (Å²) in [7, 11) is 3.80. The second kappa shape index (κ2) is 10.7. The Bertz CT molecular complexity index is 659. The topological polar surface area (TPSA) is 53.1 Å². The minimum atomic E-state index is -0.221. The molecule has 0 saturated carbocycles. The standard InChI is InChI=1S/C23H35N3O3/c1-24-11-8-20(9-12-24)17-26(13-10-19-6-4-3-5-7-19)23(28)21-16-22(27)25(18-21)14-15-29-2/h3-7,20-21H,8-18H2,1-2H3. The van der Waals surface area contributed by atoms with Gasteiger partial charge in [-0.25, -0.2) is 0 Å². The van der Waals surface area contributed by atoms with Gasteiger partial charge in [-0.2, -0.15) is 0 Å². The molecule has 1 aromatic rings. The molecule has 29 heavy (non-hydrogen) atoms. The van der Waals surface area contributed by atoms with Gasteiger partial charge in [-0.1, -0.05) is 30.3 Å². The summed E-state index contributed by atoms with van der Waals surface area (Å²) in [5.74, 6) is 0.546. The van der Waals surface area contributed by atoms with Crippen LogP contribution < -0.4 is 0 Å². The lowest BCUT2D eigenvalue weighted by Crippen LogP contribution is -2.43. The van der Waals surface area contributed by atoms with Crippen LogP contribution >= 0.6 is 0 Å². The van der Waals surface area contributed by atoms with Crippen LogP contribution in [0.15, 0.2) is 30.3 Å². The predicted molar refractivity (Wildman–Crippen MR) is 114 cm³/mol. The van der Waals surface area contributed by atoms with E-state index in [0.29, 0.717) is 32.0 Å². The molecule has 2 aliphatic rings. The fourth-order valence-corrected chi connectivity index (χ4v) is 4.37. The minimum Gasteiger partial charge on any atom is -0.383 e. The number of hydrogen-bond acceptors (Lipinski definition) is 4. The fourth-order valence-electron chi connectivity index (χ4n) is 4.37. The van der Waals surface area contributed by atoms with Crippen molar-refractivity contribution in [2.24, 2.45) is 11.8 Å². The van der Waals surface area contributed by atoms with E-state index < -0.39 is 0 Å². The summed E-state index contributed by atoms with van der Waals surface area (Å²) >= 11 is 0. The zero-order valence-corrected chi connectivity index (χ0v) is 17.9. The van der Waals surface area contributed by atoms with Gasteiger partial charge in [0.05, 0.1) is 12.5 Å². The Morgan fingerprint density at radius 1 is 1.21 bits per heavy atom. The van der Waals surface area contributed by atoms with Gasteiger partial charge in [-0.15, -0.1) is 0 Å². The highest BCUT2D eigenvalue weighted by atomic mass is 16.5. The van der Waals surface area contributed by atoms with Crippen molar-refractivity contribution in [3.63, 3.8) is 0 Å². The molecule has 0 spiro atoms. The van der Waals surface area contributed by atoms with Crippen molar-refractivity contribution in [1.29, 1.82) is 0 Å². The SMILES string of the molecule is COCCN1CC(C(=O)N(CCc2ccccc2)CC2CCN(C)CC2)CC1=O. The van der Waals surface area contributed by atoms with Gasteiger partial charge >= 0.3 is 0 Å². The van der Waals surface area contributed by atoms with Gasteiger partial charge in [-0.05, 0) is 50.9 Å². The molecule has 1 unspecified atom stereocenters. The second-order valence-electron chi connectivity index (χ2n) is 8.50. The number of carbonyl (C=O) groups is 2. The number of methoxy groups -OCH3 is 1. The van der Waals surface area contributed by atoms with E-state index in [4.69, 9.17) is 4.74 Å². The molecule has 1 atom stereocenters. The fraction of sp³-hybridized carbons (Fsp3) is 0.652. The first kappa shape index (κ1) is 21.8.